The molecule has 0 radical (unpaired) electrons. The Balaban J connectivity index is 1.32. The highest BCUT2D eigenvalue weighted by Gasteiger charge is 2.22. The summed E-state index contributed by atoms with van der Waals surface area (Å²) in [5.41, 5.74) is 2.15. The number of hydrogen-bond donors (Lipinski definition) is 0. The molecule has 1 aliphatic rings. The first-order valence-electron chi connectivity index (χ1n) is 9.48. The van der Waals surface area contributed by atoms with E-state index in [1.807, 2.05) is 52.1 Å². The molecule has 1 aromatic carbocycles. The number of nitrogens with zero attached hydrogens (tertiary/aromatic N) is 5. The topological polar surface area (TPSA) is 63.5 Å². The fourth-order valence-corrected chi connectivity index (χ4v) is 4.20. The summed E-state index contributed by atoms with van der Waals surface area (Å²) in [4.78, 5) is 25.4. The normalized spacial score (nSPS) is 14.1. The lowest BCUT2D eigenvalue weighted by atomic mass is 10.2. The lowest BCUT2D eigenvalue weighted by Gasteiger charge is -2.36. The quantitative estimate of drug-likeness (QED) is 0.584. The third-order valence-electron chi connectivity index (χ3n) is 4.94. The number of benzene rings is 1. The highest BCUT2D eigenvalue weighted by Crippen LogP contribution is 2.23. The van der Waals surface area contributed by atoms with E-state index in [1.165, 1.54) is 11.8 Å². The van der Waals surface area contributed by atoms with E-state index in [4.69, 9.17) is 4.74 Å². The Morgan fingerprint density at radius 3 is 2.41 bits per heavy atom. The van der Waals surface area contributed by atoms with Gasteiger partial charge in [-0.05, 0) is 36.4 Å². The molecule has 0 saturated carbocycles. The number of pyridine rings is 1. The van der Waals surface area contributed by atoms with Crippen molar-refractivity contribution in [2.24, 2.45) is 0 Å². The van der Waals surface area contributed by atoms with Gasteiger partial charge in [-0.25, -0.2) is 4.98 Å². The third kappa shape index (κ3) is 4.54. The molecule has 4 rings (SSSR count). The van der Waals surface area contributed by atoms with E-state index < -0.39 is 0 Å². The maximum absolute atomic E-state index is 12.7. The molecule has 1 saturated heterocycles. The van der Waals surface area contributed by atoms with Crippen molar-refractivity contribution < 1.29 is 9.53 Å². The van der Waals surface area contributed by atoms with Crippen molar-refractivity contribution in [2.45, 2.75) is 5.16 Å². The fraction of sp³-hybridized carbons (Fsp3) is 0.286. The first kappa shape index (κ1) is 19.3. The summed E-state index contributed by atoms with van der Waals surface area (Å²) in [7, 11) is 1.65. The van der Waals surface area contributed by atoms with Crippen LogP contribution in [0.15, 0.2) is 66.3 Å². The number of hydrogen-bond acceptors (Lipinski definition) is 6. The SMILES string of the molecule is COc1ccc(-n2ccnc2SCC(=O)N2CCN(c3ccncc3)CC2)cc1. The molecule has 7 nitrogen and oxygen atoms in total. The molecule has 0 aliphatic carbocycles. The van der Waals surface area contributed by atoms with Gasteiger partial charge in [0.15, 0.2) is 5.16 Å². The Morgan fingerprint density at radius 1 is 1.00 bits per heavy atom. The number of imidazole rings is 1. The van der Waals surface area contributed by atoms with Crippen LogP contribution in [0.1, 0.15) is 0 Å². The summed E-state index contributed by atoms with van der Waals surface area (Å²) >= 11 is 1.46. The highest BCUT2D eigenvalue weighted by molar-refractivity contribution is 7.99. The van der Waals surface area contributed by atoms with Crippen LogP contribution in [0, 0.1) is 0 Å². The summed E-state index contributed by atoms with van der Waals surface area (Å²) in [5.74, 6) is 1.33. The zero-order valence-electron chi connectivity index (χ0n) is 16.3. The zero-order chi connectivity index (χ0) is 20.1. The Hall–Kier alpha value is -3.00. The Bertz CT molecular complexity index is 937. The standard InChI is InChI=1S/C21H23N5O2S/c1-28-19-4-2-18(3-5-19)26-11-10-23-21(26)29-16-20(27)25-14-12-24(13-15-25)17-6-8-22-9-7-17/h2-11H,12-16H2,1H3. The zero-order valence-corrected chi connectivity index (χ0v) is 17.1. The second kappa shape index (κ2) is 9.00. The van der Waals surface area contributed by atoms with Gasteiger partial charge in [0.05, 0.1) is 12.9 Å². The number of amides is 1. The molecule has 3 heterocycles. The number of piperazine rings is 1. The second-order valence-electron chi connectivity index (χ2n) is 6.64. The molecule has 0 unspecified atom stereocenters. The minimum absolute atomic E-state index is 0.147. The Morgan fingerprint density at radius 2 is 1.72 bits per heavy atom. The van der Waals surface area contributed by atoms with Crippen LogP contribution in [0.25, 0.3) is 5.69 Å². The lowest BCUT2D eigenvalue weighted by molar-refractivity contribution is -0.128. The highest BCUT2D eigenvalue weighted by atomic mass is 32.2. The molecular formula is C21H23N5O2S. The van der Waals surface area contributed by atoms with Crippen LogP contribution in [-0.4, -0.2) is 64.4 Å². The van der Waals surface area contributed by atoms with Gasteiger partial charge in [-0.15, -0.1) is 0 Å². The monoisotopic (exact) mass is 409 g/mol. The Labute approximate surface area is 174 Å². The number of methoxy groups -OCH3 is 1. The second-order valence-corrected chi connectivity index (χ2v) is 7.58. The van der Waals surface area contributed by atoms with Gasteiger partial charge in [-0.2, -0.15) is 0 Å². The van der Waals surface area contributed by atoms with E-state index >= 15 is 0 Å². The molecule has 1 aliphatic heterocycles. The van der Waals surface area contributed by atoms with Gasteiger partial charge in [-0.1, -0.05) is 11.8 Å². The van der Waals surface area contributed by atoms with Crippen LogP contribution in [0.4, 0.5) is 5.69 Å². The van der Waals surface area contributed by atoms with Crippen LogP contribution in [0.2, 0.25) is 0 Å². The summed E-state index contributed by atoms with van der Waals surface area (Å²) in [6.07, 6.45) is 7.26. The number of anilines is 1. The van der Waals surface area contributed by atoms with Crippen molar-refractivity contribution >= 4 is 23.4 Å². The van der Waals surface area contributed by atoms with E-state index in [-0.39, 0.29) is 5.91 Å². The molecule has 1 amide bonds. The number of aromatic nitrogens is 3. The molecule has 1 fully saturated rings. The first-order chi connectivity index (χ1) is 14.2. The van der Waals surface area contributed by atoms with E-state index in [1.54, 1.807) is 25.7 Å². The molecule has 0 spiro atoms. The summed E-state index contributed by atoms with van der Waals surface area (Å²) in [6.45, 7) is 3.13. The predicted molar refractivity (Wildman–Crippen MR) is 114 cm³/mol. The van der Waals surface area contributed by atoms with E-state index in [0.717, 1.165) is 48.5 Å². The minimum atomic E-state index is 0.147. The van der Waals surface area contributed by atoms with Crippen molar-refractivity contribution in [2.75, 3.05) is 43.9 Å². The number of rotatable bonds is 6. The Kier molecular flexibility index (Phi) is 6.00. The van der Waals surface area contributed by atoms with Crippen LogP contribution >= 0.6 is 11.8 Å². The van der Waals surface area contributed by atoms with Crippen molar-refractivity contribution in [3.8, 4) is 11.4 Å². The van der Waals surface area contributed by atoms with E-state index in [2.05, 4.69) is 14.9 Å². The molecule has 0 atom stereocenters. The van der Waals surface area contributed by atoms with Crippen molar-refractivity contribution in [3.63, 3.8) is 0 Å². The van der Waals surface area contributed by atoms with Gasteiger partial charge in [0, 0.05) is 62.3 Å². The summed E-state index contributed by atoms with van der Waals surface area (Å²) in [6, 6.07) is 11.8. The predicted octanol–water partition coefficient (Wildman–Crippen LogP) is 2.72. The van der Waals surface area contributed by atoms with Crippen molar-refractivity contribution in [1.29, 1.82) is 0 Å². The first-order valence-corrected chi connectivity index (χ1v) is 10.5. The van der Waals surface area contributed by atoms with Crippen molar-refractivity contribution in [1.82, 2.24) is 19.4 Å². The fourth-order valence-electron chi connectivity index (χ4n) is 3.32. The van der Waals surface area contributed by atoms with Gasteiger partial charge in [0.2, 0.25) is 5.91 Å². The van der Waals surface area contributed by atoms with Crippen LogP contribution < -0.4 is 9.64 Å². The van der Waals surface area contributed by atoms with E-state index in [0.29, 0.717) is 5.75 Å². The molecule has 0 bridgehead atoms. The molecular weight excluding hydrogens is 386 g/mol. The maximum Gasteiger partial charge on any atom is 0.233 e. The average Bonchev–Trinajstić information content (AvgIpc) is 3.27. The number of carbonyl (C=O) groups is 1. The van der Waals surface area contributed by atoms with Gasteiger partial charge >= 0.3 is 0 Å². The lowest BCUT2D eigenvalue weighted by Crippen LogP contribution is -2.49. The molecule has 8 heteroatoms. The van der Waals surface area contributed by atoms with Gasteiger partial charge in [0.25, 0.3) is 0 Å². The molecule has 3 aromatic rings. The largest absolute Gasteiger partial charge is 0.497 e. The molecule has 2 aromatic heterocycles. The average molecular weight is 410 g/mol. The molecule has 29 heavy (non-hydrogen) atoms. The van der Waals surface area contributed by atoms with Crippen LogP contribution in [-0.2, 0) is 4.79 Å². The smallest absolute Gasteiger partial charge is 0.233 e. The number of thioether (sulfide) groups is 1. The van der Waals surface area contributed by atoms with Gasteiger partial charge in [-0.3, -0.25) is 14.3 Å². The molecule has 150 valence electrons. The van der Waals surface area contributed by atoms with E-state index in [9.17, 15) is 4.79 Å². The summed E-state index contributed by atoms with van der Waals surface area (Å²) in [5, 5.41) is 0.805. The number of carbonyl (C=O) groups excluding carboxylic acids is 1. The van der Waals surface area contributed by atoms with Crippen LogP contribution in [0.3, 0.4) is 0 Å². The summed E-state index contributed by atoms with van der Waals surface area (Å²) < 4.78 is 7.20. The molecule has 0 N–H and O–H groups in total. The van der Waals surface area contributed by atoms with Gasteiger partial charge < -0.3 is 14.5 Å². The number of ether oxygens (including phenoxy) is 1. The maximum atomic E-state index is 12.7. The van der Waals surface area contributed by atoms with Gasteiger partial charge in [0.1, 0.15) is 5.75 Å². The van der Waals surface area contributed by atoms with Crippen LogP contribution in [0.5, 0.6) is 5.75 Å². The minimum Gasteiger partial charge on any atom is -0.497 e. The third-order valence-corrected chi connectivity index (χ3v) is 5.89. The van der Waals surface area contributed by atoms with Crippen molar-refractivity contribution in [3.05, 3.63) is 61.2 Å².